The molecule has 2 unspecified atom stereocenters. The van der Waals surface area contributed by atoms with E-state index in [-0.39, 0.29) is 36.1 Å². The van der Waals surface area contributed by atoms with Crippen LogP contribution in [0, 0.1) is 11.7 Å². The summed E-state index contributed by atoms with van der Waals surface area (Å²) in [7, 11) is 0. The minimum atomic E-state index is -0.217. The lowest BCUT2D eigenvalue weighted by atomic mass is 10.1. The Kier molecular flexibility index (Phi) is 5.11. The van der Waals surface area contributed by atoms with Crippen molar-refractivity contribution in [2.75, 3.05) is 6.54 Å². The Hall–Kier alpha value is -1.13. The highest BCUT2D eigenvalue weighted by Crippen LogP contribution is 2.31. The van der Waals surface area contributed by atoms with Crippen molar-refractivity contribution >= 4 is 18.3 Å². The van der Waals surface area contributed by atoms with Gasteiger partial charge in [0, 0.05) is 12.5 Å². The number of nitrogens with two attached hydrogens (primary N) is 1. The molecule has 1 aliphatic carbocycles. The zero-order valence-electron chi connectivity index (χ0n) is 10.3. The normalized spacial score (nSPS) is 18.7. The number of carbonyl (C=O) groups is 1. The van der Waals surface area contributed by atoms with Crippen molar-refractivity contribution in [2.24, 2.45) is 11.7 Å². The molecule has 0 fully saturated rings. The Labute approximate surface area is 112 Å². The third-order valence-electron chi connectivity index (χ3n) is 3.30. The lowest BCUT2D eigenvalue weighted by Gasteiger charge is -2.16. The van der Waals surface area contributed by atoms with Gasteiger partial charge in [0.05, 0.1) is 6.04 Å². The maximum Gasteiger partial charge on any atom is 0.224 e. The summed E-state index contributed by atoms with van der Waals surface area (Å²) in [5, 5.41) is 2.96. The molecule has 0 radical (unpaired) electrons. The predicted molar refractivity (Wildman–Crippen MR) is 71.1 cm³/mol. The fraction of sp³-hybridized carbons (Fsp3) is 0.462. The van der Waals surface area contributed by atoms with Gasteiger partial charge in [-0.3, -0.25) is 4.79 Å². The van der Waals surface area contributed by atoms with Crippen LogP contribution in [-0.4, -0.2) is 12.5 Å². The molecule has 0 spiro atoms. The van der Waals surface area contributed by atoms with Crippen LogP contribution in [0.5, 0.6) is 0 Å². The van der Waals surface area contributed by atoms with Crippen LogP contribution in [0.15, 0.2) is 18.2 Å². The molecule has 0 bridgehead atoms. The molecule has 3 N–H and O–H groups in total. The second kappa shape index (κ2) is 6.16. The number of fused-ring (bicyclic) bond motifs is 1. The molecule has 0 saturated heterocycles. The van der Waals surface area contributed by atoms with E-state index in [1.165, 1.54) is 6.07 Å². The Morgan fingerprint density at radius 1 is 1.61 bits per heavy atom. The molecule has 1 aliphatic rings. The third kappa shape index (κ3) is 3.00. The molecule has 100 valence electrons. The molecule has 0 saturated carbocycles. The van der Waals surface area contributed by atoms with E-state index in [2.05, 4.69) is 5.32 Å². The summed E-state index contributed by atoms with van der Waals surface area (Å²) in [6, 6.07) is 4.76. The van der Waals surface area contributed by atoms with Gasteiger partial charge in [0.1, 0.15) is 5.82 Å². The van der Waals surface area contributed by atoms with Crippen LogP contribution in [0.3, 0.4) is 0 Å². The topological polar surface area (TPSA) is 55.1 Å². The first kappa shape index (κ1) is 14.9. The molecule has 1 amide bonds. The van der Waals surface area contributed by atoms with Gasteiger partial charge in [-0.05, 0) is 36.1 Å². The Morgan fingerprint density at radius 3 is 3.00 bits per heavy atom. The summed E-state index contributed by atoms with van der Waals surface area (Å²) in [5.74, 6) is -0.430. The molecule has 0 heterocycles. The van der Waals surface area contributed by atoms with E-state index in [0.29, 0.717) is 6.54 Å². The number of halogens is 2. The molecule has 1 aromatic carbocycles. The fourth-order valence-electron chi connectivity index (χ4n) is 2.16. The zero-order chi connectivity index (χ0) is 12.4. The average molecular weight is 273 g/mol. The van der Waals surface area contributed by atoms with Crippen molar-refractivity contribution in [2.45, 2.75) is 25.8 Å². The minimum absolute atomic E-state index is 0. The third-order valence-corrected chi connectivity index (χ3v) is 3.30. The molecular weight excluding hydrogens is 255 g/mol. The van der Waals surface area contributed by atoms with Gasteiger partial charge in [0.2, 0.25) is 5.91 Å². The van der Waals surface area contributed by atoms with Gasteiger partial charge in [-0.25, -0.2) is 4.39 Å². The van der Waals surface area contributed by atoms with Crippen molar-refractivity contribution in [3.8, 4) is 0 Å². The molecule has 3 nitrogen and oxygen atoms in total. The number of carbonyl (C=O) groups excluding carboxylic acids is 1. The van der Waals surface area contributed by atoms with E-state index in [9.17, 15) is 9.18 Å². The van der Waals surface area contributed by atoms with Gasteiger partial charge in [-0.2, -0.15) is 0 Å². The van der Waals surface area contributed by atoms with Crippen molar-refractivity contribution in [3.05, 3.63) is 35.1 Å². The van der Waals surface area contributed by atoms with Crippen molar-refractivity contribution in [1.82, 2.24) is 5.32 Å². The van der Waals surface area contributed by atoms with Crippen LogP contribution in [0.25, 0.3) is 0 Å². The SMILES string of the molecule is CC(CN)C(=O)NC1CCc2cc(F)ccc21.Cl. The van der Waals surface area contributed by atoms with Crippen LogP contribution in [0.2, 0.25) is 0 Å². The average Bonchev–Trinajstić information content (AvgIpc) is 2.70. The van der Waals surface area contributed by atoms with Crippen molar-refractivity contribution in [3.63, 3.8) is 0 Å². The maximum atomic E-state index is 13.0. The quantitative estimate of drug-likeness (QED) is 0.884. The second-order valence-corrected chi connectivity index (χ2v) is 4.58. The lowest BCUT2D eigenvalue weighted by Crippen LogP contribution is -2.35. The van der Waals surface area contributed by atoms with E-state index in [1.807, 2.05) is 0 Å². The fourth-order valence-corrected chi connectivity index (χ4v) is 2.16. The van der Waals surface area contributed by atoms with Gasteiger partial charge >= 0.3 is 0 Å². The Bertz CT molecular complexity index is 439. The minimum Gasteiger partial charge on any atom is -0.349 e. The van der Waals surface area contributed by atoms with Gasteiger partial charge < -0.3 is 11.1 Å². The summed E-state index contributed by atoms with van der Waals surface area (Å²) in [5.41, 5.74) is 7.48. The monoisotopic (exact) mass is 272 g/mol. The molecule has 1 aromatic rings. The molecular formula is C13H18ClFN2O. The van der Waals surface area contributed by atoms with E-state index >= 15 is 0 Å². The van der Waals surface area contributed by atoms with E-state index in [0.717, 1.165) is 24.0 Å². The number of aryl methyl sites for hydroxylation is 1. The zero-order valence-corrected chi connectivity index (χ0v) is 11.1. The number of nitrogens with one attached hydrogen (secondary N) is 1. The van der Waals surface area contributed by atoms with Crippen LogP contribution < -0.4 is 11.1 Å². The van der Waals surface area contributed by atoms with Crippen LogP contribution >= 0.6 is 12.4 Å². The highest BCUT2D eigenvalue weighted by Gasteiger charge is 2.25. The van der Waals surface area contributed by atoms with E-state index in [1.54, 1.807) is 19.1 Å². The summed E-state index contributed by atoms with van der Waals surface area (Å²) in [6.07, 6.45) is 1.65. The van der Waals surface area contributed by atoms with Crippen LogP contribution in [0.4, 0.5) is 4.39 Å². The highest BCUT2D eigenvalue weighted by molar-refractivity contribution is 5.85. The number of hydrogen-bond donors (Lipinski definition) is 2. The molecule has 18 heavy (non-hydrogen) atoms. The van der Waals surface area contributed by atoms with Crippen LogP contribution in [-0.2, 0) is 11.2 Å². The second-order valence-electron chi connectivity index (χ2n) is 4.58. The molecule has 0 aromatic heterocycles. The largest absolute Gasteiger partial charge is 0.349 e. The van der Waals surface area contributed by atoms with E-state index < -0.39 is 0 Å². The highest BCUT2D eigenvalue weighted by atomic mass is 35.5. The number of benzene rings is 1. The first-order valence-corrected chi connectivity index (χ1v) is 5.90. The Morgan fingerprint density at radius 2 is 2.33 bits per heavy atom. The summed E-state index contributed by atoms with van der Waals surface area (Å²) >= 11 is 0. The van der Waals surface area contributed by atoms with E-state index in [4.69, 9.17) is 5.73 Å². The molecule has 2 rings (SSSR count). The maximum absolute atomic E-state index is 13.0. The van der Waals surface area contributed by atoms with Crippen LogP contribution in [0.1, 0.15) is 30.5 Å². The van der Waals surface area contributed by atoms with Gasteiger partial charge in [-0.1, -0.05) is 13.0 Å². The lowest BCUT2D eigenvalue weighted by molar-refractivity contribution is -0.124. The molecule has 0 aliphatic heterocycles. The first-order chi connectivity index (χ1) is 8.11. The molecule has 2 atom stereocenters. The van der Waals surface area contributed by atoms with Crippen molar-refractivity contribution in [1.29, 1.82) is 0 Å². The standard InChI is InChI=1S/C13H17FN2O.ClH/c1-8(7-15)13(17)16-12-5-2-9-6-10(14)3-4-11(9)12;/h3-4,6,8,12H,2,5,7,15H2,1H3,(H,16,17);1H. The number of amides is 1. The predicted octanol–water partition coefficient (Wildman–Crippen LogP) is 1.95. The molecule has 5 heteroatoms. The number of rotatable bonds is 3. The number of hydrogen-bond acceptors (Lipinski definition) is 2. The summed E-state index contributed by atoms with van der Waals surface area (Å²) in [4.78, 5) is 11.7. The van der Waals surface area contributed by atoms with Gasteiger partial charge in [-0.15, -0.1) is 12.4 Å². The summed E-state index contributed by atoms with van der Waals surface area (Å²) in [6.45, 7) is 2.14. The first-order valence-electron chi connectivity index (χ1n) is 5.90. The summed E-state index contributed by atoms with van der Waals surface area (Å²) < 4.78 is 13.0. The van der Waals surface area contributed by atoms with Gasteiger partial charge in [0.25, 0.3) is 0 Å². The Balaban J connectivity index is 0.00000162. The smallest absolute Gasteiger partial charge is 0.224 e. The van der Waals surface area contributed by atoms with Gasteiger partial charge in [0.15, 0.2) is 0 Å². The van der Waals surface area contributed by atoms with Crippen molar-refractivity contribution < 1.29 is 9.18 Å².